The number of hydrogen-bond acceptors (Lipinski definition) is 4. The molecule has 0 spiro atoms. The van der Waals surface area contributed by atoms with Crippen LogP contribution in [0.2, 0.25) is 0 Å². The first-order valence-corrected chi connectivity index (χ1v) is 8.19. The molecule has 0 aliphatic heterocycles. The molecule has 0 amide bonds. The van der Waals surface area contributed by atoms with Crippen LogP contribution in [0, 0.1) is 11.8 Å². The van der Waals surface area contributed by atoms with Gasteiger partial charge in [-0.3, -0.25) is 4.18 Å². The first-order chi connectivity index (χ1) is 8.21. The quantitative estimate of drug-likeness (QED) is 0.547. The van der Waals surface area contributed by atoms with Crippen LogP contribution in [-0.2, 0) is 14.3 Å². The molecule has 0 rings (SSSR count). The van der Waals surface area contributed by atoms with Crippen molar-refractivity contribution in [1.29, 1.82) is 0 Å². The van der Waals surface area contributed by atoms with Crippen LogP contribution in [0.25, 0.3) is 0 Å². The van der Waals surface area contributed by atoms with Gasteiger partial charge in [0, 0.05) is 5.92 Å². The van der Waals surface area contributed by atoms with Crippen molar-refractivity contribution < 1.29 is 17.7 Å². The number of aliphatic hydroxyl groups excluding tert-OH is 1. The molecule has 0 aliphatic rings. The van der Waals surface area contributed by atoms with Crippen LogP contribution >= 0.6 is 0 Å². The van der Waals surface area contributed by atoms with Crippen LogP contribution in [0.15, 0.2) is 11.6 Å². The van der Waals surface area contributed by atoms with Gasteiger partial charge in [0.1, 0.15) is 0 Å². The summed E-state index contributed by atoms with van der Waals surface area (Å²) in [7, 11) is -3.47. The lowest BCUT2D eigenvalue weighted by atomic mass is 9.89. The second-order valence-corrected chi connectivity index (χ2v) is 6.66. The van der Waals surface area contributed by atoms with Gasteiger partial charge in [-0.1, -0.05) is 38.8 Å². The predicted octanol–water partition coefficient (Wildman–Crippen LogP) is 2.34. The number of aliphatic hydroxyl groups is 1. The van der Waals surface area contributed by atoms with Gasteiger partial charge in [-0.2, -0.15) is 8.42 Å². The maximum Gasteiger partial charge on any atom is 0.264 e. The van der Waals surface area contributed by atoms with Crippen LogP contribution < -0.4 is 0 Å². The summed E-state index contributed by atoms with van der Waals surface area (Å²) in [6, 6.07) is 0. The fourth-order valence-electron chi connectivity index (χ4n) is 2.12. The Morgan fingerprint density at radius 2 is 1.94 bits per heavy atom. The van der Waals surface area contributed by atoms with Crippen molar-refractivity contribution in [2.24, 2.45) is 11.8 Å². The van der Waals surface area contributed by atoms with E-state index in [2.05, 4.69) is 6.92 Å². The van der Waals surface area contributed by atoms with Crippen molar-refractivity contribution in [2.75, 3.05) is 12.9 Å². The number of rotatable bonds is 8. The average molecular weight is 278 g/mol. The molecule has 0 saturated carbocycles. The molecule has 5 heteroatoms. The summed E-state index contributed by atoms with van der Waals surface area (Å²) in [6.07, 6.45) is 4.48. The molecule has 3 atom stereocenters. The molecule has 18 heavy (non-hydrogen) atoms. The second kappa shape index (κ2) is 7.92. The maximum atomic E-state index is 11.3. The van der Waals surface area contributed by atoms with Crippen molar-refractivity contribution in [3.05, 3.63) is 11.6 Å². The van der Waals surface area contributed by atoms with E-state index in [9.17, 15) is 8.42 Å². The largest absolute Gasteiger partial charge is 0.392 e. The summed E-state index contributed by atoms with van der Waals surface area (Å²) in [5.74, 6) is 0.107. The average Bonchev–Trinajstić information content (AvgIpc) is 2.24. The van der Waals surface area contributed by atoms with E-state index in [4.69, 9.17) is 9.29 Å². The highest BCUT2D eigenvalue weighted by Gasteiger charge is 2.26. The summed E-state index contributed by atoms with van der Waals surface area (Å²) in [6.45, 7) is 7.78. The highest BCUT2D eigenvalue weighted by atomic mass is 32.2. The van der Waals surface area contributed by atoms with Gasteiger partial charge in [0.15, 0.2) is 0 Å². The summed E-state index contributed by atoms with van der Waals surface area (Å²) in [5.41, 5.74) is 0.827. The molecule has 4 nitrogen and oxygen atoms in total. The van der Waals surface area contributed by atoms with E-state index in [0.29, 0.717) is 0 Å². The van der Waals surface area contributed by atoms with E-state index in [1.807, 2.05) is 26.8 Å². The maximum absolute atomic E-state index is 11.3. The summed E-state index contributed by atoms with van der Waals surface area (Å²) in [5, 5.41) is 9.01. The SMILES string of the molecule is CCC[C@H](C)[C@@H](OS(C)(=O)=O)[C@H](C)C=C(C)CO. The first-order valence-electron chi connectivity index (χ1n) is 6.37. The molecule has 1 N–H and O–H groups in total. The van der Waals surface area contributed by atoms with Gasteiger partial charge in [-0.05, 0) is 19.3 Å². The fraction of sp³-hybridized carbons (Fsp3) is 0.846. The minimum atomic E-state index is -3.47. The van der Waals surface area contributed by atoms with E-state index >= 15 is 0 Å². The molecular weight excluding hydrogens is 252 g/mol. The minimum absolute atomic E-state index is 0.0158. The standard InChI is InChI=1S/C13H26O4S/c1-6-7-11(3)13(17-18(5,15)16)12(4)8-10(2)9-14/h8,11-14H,6-7,9H2,1-5H3/t11-,12+,13+/m0/s1. The van der Waals surface area contributed by atoms with Crippen molar-refractivity contribution >= 4 is 10.1 Å². The van der Waals surface area contributed by atoms with E-state index in [1.54, 1.807) is 0 Å². The van der Waals surface area contributed by atoms with Gasteiger partial charge >= 0.3 is 0 Å². The van der Waals surface area contributed by atoms with Crippen LogP contribution in [0.3, 0.4) is 0 Å². The van der Waals surface area contributed by atoms with Crippen molar-refractivity contribution in [3.63, 3.8) is 0 Å². The third-order valence-corrected chi connectivity index (χ3v) is 3.48. The third-order valence-electron chi connectivity index (χ3n) is 2.91. The van der Waals surface area contributed by atoms with Gasteiger partial charge in [0.05, 0.1) is 19.0 Å². The highest BCUT2D eigenvalue weighted by Crippen LogP contribution is 2.24. The molecule has 0 aromatic rings. The zero-order valence-electron chi connectivity index (χ0n) is 12.0. The van der Waals surface area contributed by atoms with Crippen molar-refractivity contribution in [2.45, 2.75) is 46.6 Å². The third kappa shape index (κ3) is 7.13. The Hall–Kier alpha value is -0.390. The lowest BCUT2D eigenvalue weighted by molar-refractivity contribution is 0.111. The van der Waals surface area contributed by atoms with Gasteiger partial charge in [-0.25, -0.2) is 0 Å². The molecule has 0 aromatic heterocycles. The molecule has 0 heterocycles. The Balaban J connectivity index is 4.96. The zero-order valence-corrected chi connectivity index (χ0v) is 12.8. The number of hydrogen-bond donors (Lipinski definition) is 1. The van der Waals surface area contributed by atoms with E-state index in [-0.39, 0.29) is 24.5 Å². The predicted molar refractivity (Wildman–Crippen MR) is 73.8 cm³/mol. The van der Waals surface area contributed by atoms with Gasteiger partial charge in [0.2, 0.25) is 0 Å². The highest BCUT2D eigenvalue weighted by molar-refractivity contribution is 7.86. The van der Waals surface area contributed by atoms with Gasteiger partial charge in [0.25, 0.3) is 10.1 Å². The summed E-state index contributed by atoms with van der Waals surface area (Å²) in [4.78, 5) is 0. The summed E-state index contributed by atoms with van der Waals surface area (Å²) < 4.78 is 27.8. The first kappa shape index (κ1) is 17.6. The molecule has 0 saturated heterocycles. The van der Waals surface area contributed by atoms with Crippen LogP contribution in [0.5, 0.6) is 0 Å². The molecule has 0 unspecified atom stereocenters. The Morgan fingerprint density at radius 1 is 1.39 bits per heavy atom. The van der Waals surface area contributed by atoms with Gasteiger partial charge < -0.3 is 5.11 Å². The molecule has 0 fully saturated rings. The topological polar surface area (TPSA) is 63.6 Å². The second-order valence-electron chi connectivity index (χ2n) is 5.06. The molecule has 0 radical (unpaired) electrons. The lowest BCUT2D eigenvalue weighted by Crippen LogP contribution is -2.30. The molecule has 0 aromatic carbocycles. The molecular formula is C13H26O4S. The molecule has 0 bridgehead atoms. The lowest BCUT2D eigenvalue weighted by Gasteiger charge is -2.27. The Bertz CT molecular complexity index is 359. The van der Waals surface area contributed by atoms with Crippen LogP contribution in [0.4, 0.5) is 0 Å². The summed E-state index contributed by atoms with van der Waals surface area (Å²) >= 11 is 0. The Kier molecular flexibility index (Phi) is 7.75. The van der Waals surface area contributed by atoms with Gasteiger partial charge in [-0.15, -0.1) is 0 Å². The molecule has 108 valence electrons. The minimum Gasteiger partial charge on any atom is -0.392 e. The van der Waals surface area contributed by atoms with E-state index < -0.39 is 10.1 Å². The van der Waals surface area contributed by atoms with E-state index in [1.165, 1.54) is 0 Å². The van der Waals surface area contributed by atoms with Crippen LogP contribution in [-0.4, -0.2) is 32.5 Å². The van der Waals surface area contributed by atoms with Crippen molar-refractivity contribution in [1.82, 2.24) is 0 Å². The smallest absolute Gasteiger partial charge is 0.264 e. The van der Waals surface area contributed by atoms with Crippen LogP contribution in [0.1, 0.15) is 40.5 Å². The normalized spacial score (nSPS) is 18.4. The Morgan fingerprint density at radius 3 is 2.33 bits per heavy atom. The Labute approximate surface area is 111 Å². The van der Waals surface area contributed by atoms with Crippen molar-refractivity contribution in [3.8, 4) is 0 Å². The monoisotopic (exact) mass is 278 g/mol. The van der Waals surface area contributed by atoms with E-state index in [0.717, 1.165) is 24.7 Å². The fourth-order valence-corrected chi connectivity index (χ4v) is 2.89. The zero-order chi connectivity index (χ0) is 14.3. The molecule has 0 aliphatic carbocycles.